The third kappa shape index (κ3) is 28.3. The molecule has 0 aliphatic heterocycles. The minimum Gasteiger partial charge on any atom is -0.396 e. The lowest BCUT2D eigenvalue weighted by atomic mass is 10.5. The van der Waals surface area contributed by atoms with Crippen molar-refractivity contribution in [3.8, 4) is 0 Å². The van der Waals surface area contributed by atoms with E-state index in [1.807, 2.05) is 70.6 Å². The Bertz CT molecular complexity index is 343. The standard InChI is InChI=1S/C17H34O4S8/c1-2-22-13-27-16-26-10-11-29-17(19)4-8-25-15-28-14-24-7-3-6-20-21-12-23-9-5-18/h18H,2-16H2,1H3. The Morgan fingerprint density at radius 1 is 0.759 bits per heavy atom. The molecule has 0 heterocycles. The average molecular weight is 559 g/mol. The molecular weight excluding hydrogens is 525 g/mol. The first kappa shape index (κ1) is 31.4. The van der Waals surface area contributed by atoms with Gasteiger partial charge in [-0.3, -0.25) is 4.79 Å². The van der Waals surface area contributed by atoms with Crippen LogP contribution in [0, 0.1) is 0 Å². The number of thioether (sulfide) groups is 8. The molecule has 29 heavy (non-hydrogen) atoms. The highest BCUT2D eigenvalue weighted by atomic mass is 32.2. The highest BCUT2D eigenvalue weighted by Crippen LogP contribution is 2.21. The Kier molecular flexibility index (Phi) is 30.7. The number of hydrogen-bond acceptors (Lipinski definition) is 12. The van der Waals surface area contributed by atoms with Crippen LogP contribution >= 0.6 is 94.1 Å². The minimum atomic E-state index is 0.174. The van der Waals surface area contributed by atoms with Crippen molar-refractivity contribution in [3.63, 3.8) is 0 Å². The molecule has 0 aliphatic rings. The third-order valence-electron chi connectivity index (χ3n) is 2.78. The molecule has 0 rings (SSSR count). The molecule has 0 atom stereocenters. The van der Waals surface area contributed by atoms with Crippen LogP contribution in [-0.4, -0.2) is 84.2 Å². The molecule has 0 aromatic rings. The van der Waals surface area contributed by atoms with Gasteiger partial charge >= 0.3 is 0 Å². The Morgan fingerprint density at radius 3 is 2.17 bits per heavy atom. The predicted molar refractivity (Wildman–Crippen MR) is 148 cm³/mol. The summed E-state index contributed by atoms with van der Waals surface area (Å²) in [6.45, 7) is 2.98. The van der Waals surface area contributed by atoms with Gasteiger partial charge in [0.15, 0.2) is 5.12 Å². The molecule has 4 nitrogen and oxygen atoms in total. The summed E-state index contributed by atoms with van der Waals surface area (Å²) in [5, 5.41) is 13.4. The van der Waals surface area contributed by atoms with Crippen molar-refractivity contribution in [2.24, 2.45) is 0 Å². The van der Waals surface area contributed by atoms with E-state index < -0.39 is 0 Å². The molecule has 1 N–H and O–H groups in total. The number of carbonyl (C=O) groups is 1. The molecule has 0 spiro atoms. The largest absolute Gasteiger partial charge is 0.396 e. The fourth-order valence-electron chi connectivity index (χ4n) is 1.48. The Labute approximate surface area is 211 Å². The predicted octanol–water partition coefficient (Wildman–Crippen LogP) is 5.91. The van der Waals surface area contributed by atoms with Gasteiger partial charge in [0, 0.05) is 49.8 Å². The summed E-state index contributed by atoms with van der Waals surface area (Å²) in [5.74, 6) is 6.35. The van der Waals surface area contributed by atoms with E-state index in [-0.39, 0.29) is 6.61 Å². The monoisotopic (exact) mass is 558 g/mol. The van der Waals surface area contributed by atoms with Crippen LogP contribution in [0.2, 0.25) is 0 Å². The molecule has 0 aromatic heterocycles. The highest BCUT2D eigenvalue weighted by molar-refractivity contribution is 8.23. The maximum atomic E-state index is 11.8. The van der Waals surface area contributed by atoms with E-state index in [2.05, 4.69) is 6.92 Å². The Balaban J connectivity index is 3.12. The zero-order valence-corrected chi connectivity index (χ0v) is 23.6. The molecule has 0 unspecified atom stereocenters. The molecule has 0 aromatic carbocycles. The summed E-state index contributed by atoms with van der Waals surface area (Å²) >= 11 is 14.6. The van der Waals surface area contributed by atoms with Crippen LogP contribution in [0.5, 0.6) is 0 Å². The molecule has 0 saturated carbocycles. The zero-order chi connectivity index (χ0) is 21.3. The van der Waals surface area contributed by atoms with E-state index in [9.17, 15) is 4.79 Å². The number of hydrogen-bond donors (Lipinski definition) is 1. The number of carbonyl (C=O) groups excluding carboxylic acids is 1. The highest BCUT2D eigenvalue weighted by Gasteiger charge is 2.03. The summed E-state index contributed by atoms with van der Waals surface area (Å²) in [5.41, 5.74) is 0. The molecule has 12 heteroatoms. The molecule has 0 saturated heterocycles. The van der Waals surface area contributed by atoms with Gasteiger partial charge in [0.05, 0.1) is 13.2 Å². The van der Waals surface area contributed by atoms with E-state index in [4.69, 9.17) is 14.9 Å². The molecular formula is C17H34O4S8. The lowest BCUT2D eigenvalue weighted by Crippen LogP contribution is -1.99. The van der Waals surface area contributed by atoms with Crippen molar-refractivity contribution >= 4 is 99.2 Å². The van der Waals surface area contributed by atoms with Crippen LogP contribution < -0.4 is 0 Å². The first-order valence-corrected chi connectivity index (χ1v) is 18.4. The van der Waals surface area contributed by atoms with Crippen molar-refractivity contribution in [1.29, 1.82) is 0 Å². The van der Waals surface area contributed by atoms with Crippen LogP contribution in [0.25, 0.3) is 0 Å². The fraction of sp³-hybridized carbons (Fsp3) is 0.941. The smallest absolute Gasteiger partial charge is 0.189 e. The molecule has 0 fully saturated rings. The van der Waals surface area contributed by atoms with Gasteiger partial charge in [0.25, 0.3) is 0 Å². The topological polar surface area (TPSA) is 55.8 Å². The molecule has 174 valence electrons. The number of aliphatic hydroxyl groups excluding tert-OH is 1. The summed E-state index contributed by atoms with van der Waals surface area (Å²) in [4.78, 5) is 21.9. The van der Waals surface area contributed by atoms with E-state index in [0.29, 0.717) is 29.8 Å². The van der Waals surface area contributed by atoms with Crippen molar-refractivity contribution in [1.82, 2.24) is 0 Å². The minimum absolute atomic E-state index is 0.174. The molecule has 0 aliphatic carbocycles. The van der Waals surface area contributed by atoms with Crippen molar-refractivity contribution < 1.29 is 19.7 Å². The van der Waals surface area contributed by atoms with Gasteiger partial charge in [-0.05, 0) is 17.9 Å². The Hall–Kier alpha value is 2.35. The van der Waals surface area contributed by atoms with Crippen LogP contribution in [0.1, 0.15) is 19.8 Å². The lowest BCUT2D eigenvalue weighted by Gasteiger charge is -2.04. The normalized spacial score (nSPS) is 11.2. The van der Waals surface area contributed by atoms with E-state index in [0.717, 1.165) is 44.7 Å². The van der Waals surface area contributed by atoms with E-state index in [1.165, 1.54) is 34.4 Å². The third-order valence-corrected chi connectivity index (χ3v) is 12.0. The van der Waals surface area contributed by atoms with Gasteiger partial charge in [-0.2, -0.15) is 47.0 Å². The van der Waals surface area contributed by atoms with Gasteiger partial charge in [-0.1, -0.05) is 18.7 Å². The summed E-state index contributed by atoms with van der Waals surface area (Å²) in [7, 11) is 0. The quantitative estimate of drug-likeness (QED) is 0.0663. The van der Waals surface area contributed by atoms with Crippen molar-refractivity contribution in [3.05, 3.63) is 0 Å². The first-order valence-electron chi connectivity index (χ1n) is 9.36. The second-order valence-electron chi connectivity index (χ2n) is 5.11. The summed E-state index contributed by atoms with van der Waals surface area (Å²) in [6, 6.07) is 0. The number of aliphatic hydroxyl groups is 1. The molecule has 0 amide bonds. The maximum Gasteiger partial charge on any atom is 0.189 e. The Morgan fingerprint density at radius 2 is 1.45 bits per heavy atom. The van der Waals surface area contributed by atoms with Gasteiger partial charge in [-0.15, -0.1) is 35.3 Å². The van der Waals surface area contributed by atoms with Crippen LogP contribution in [0.3, 0.4) is 0 Å². The van der Waals surface area contributed by atoms with E-state index in [1.54, 1.807) is 0 Å². The second kappa shape index (κ2) is 28.4. The molecule has 0 radical (unpaired) electrons. The van der Waals surface area contributed by atoms with Crippen molar-refractivity contribution in [2.75, 3.05) is 74.0 Å². The SMILES string of the molecule is CCSCSCSCCSC(=O)CCSCSCSCCCOOCSCCO. The van der Waals surface area contributed by atoms with E-state index >= 15 is 0 Å². The van der Waals surface area contributed by atoms with Gasteiger partial charge in [0.1, 0.15) is 5.94 Å². The van der Waals surface area contributed by atoms with Gasteiger partial charge in [0.2, 0.25) is 0 Å². The maximum absolute atomic E-state index is 11.8. The van der Waals surface area contributed by atoms with Crippen LogP contribution in [0.4, 0.5) is 0 Å². The summed E-state index contributed by atoms with van der Waals surface area (Å²) in [6.07, 6.45) is 1.66. The van der Waals surface area contributed by atoms with Crippen LogP contribution in [-0.2, 0) is 14.6 Å². The fourth-order valence-corrected chi connectivity index (χ4v) is 9.65. The van der Waals surface area contributed by atoms with Gasteiger partial charge in [-0.25, -0.2) is 9.78 Å². The second-order valence-corrected chi connectivity index (χ2v) is 15.3. The molecule has 0 bridgehead atoms. The summed E-state index contributed by atoms with van der Waals surface area (Å²) < 4.78 is 0. The van der Waals surface area contributed by atoms with Gasteiger partial charge < -0.3 is 5.11 Å². The van der Waals surface area contributed by atoms with Crippen molar-refractivity contribution in [2.45, 2.75) is 19.8 Å². The zero-order valence-electron chi connectivity index (χ0n) is 17.0. The number of rotatable bonds is 24. The average Bonchev–Trinajstić information content (AvgIpc) is 2.72. The first-order chi connectivity index (χ1) is 14.3. The lowest BCUT2D eigenvalue weighted by molar-refractivity contribution is -0.278. The van der Waals surface area contributed by atoms with Crippen LogP contribution in [0.15, 0.2) is 0 Å².